The van der Waals surface area contributed by atoms with Gasteiger partial charge in [0.1, 0.15) is 61.3 Å². The number of hydrogen-bond donors (Lipinski definition) is 3. The first kappa shape index (κ1) is 137. The molecule has 5 heterocycles. The van der Waals surface area contributed by atoms with Gasteiger partial charge < -0.3 is 42.7 Å². The Morgan fingerprint density at radius 3 is 0.868 bits per heavy atom. The first-order valence-electron chi connectivity index (χ1n) is 40.4. The van der Waals surface area contributed by atoms with Gasteiger partial charge in [-0.3, -0.25) is 0 Å². The van der Waals surface area contributed by atoms with Crippen molar-refractivity contribution in [3.63, 3.8) is 0 Å². The minimum atomic E-state index is -2.67. The predicted molar refractivity (Wildman–Crippen MR) is 566 cm³/mol. The van der Waals surface area contributed by atoms with Crippen molar-refractivity contribution in [3.8, 4) is 90.3 Å². The molecular formula is C111H167N8O9S+. The van der Waals surface area contributed by atoms with Crippen molar-refractivity contribution in [2.45, 2.75) is 226 Å². The number of sulfone groups is 1. The highest BCUT2D eigenvalue weighted by molar-refractivity contribution is 7.89. The molecule has 0 saturated carbocycles. The molecule has 0 radical (unpaired) electrons. The number of nitrogens with zero attached hydrogens (tertiary/aromatic N) is 4. The number of aryl methyl sites for hydroxylation is 4. The quantitative estimate of drug-likeness (QED) is 0.128. The third kappa shape index (κ3) is 58.4. The topological polar surface area (TPSA) is 251 Å². The lowest BCUT2D eigenvalue weighted by Crippen LogP contribution is -2.05. The summed E-state index contributed by atoms with van der Waals surface area (Å²) < 4.78 is 34.5. The molecule has 15 rings (SSSR count). The van der Waals surface area contributed by atoms with Crippen LogP contribution in [0.3, 0.4) is 0 Å². The van der Waals surface area contributed by atoms with E-state index in [4.69, 9.17) is 18.8 Å². The van der Waals surface area contributed by atoms with Crippen molar-refractivity contribution >= 4 is 55.2 Å². The van der Waals surface area contributed by atoms with Gasteiger partial charge in [-0.15, -0.1) is 0 Å². The van der Waals surface area contributed by atoms with E-state index in [1.54, 1.807) is 14.2 Å². The lowest BCUT2D eigenvalue weighted by molar-refractivity contribution is -0.349. The van der Waals surface area contributed by atoms with E-state index in [-0.39, 0.29) is 90.0 Å². The Labute approximate surface area is 782 Å². The molecule has 5 aromatic heterocycles. The lowest BCUT2D eigenvalue weighted by Gasteiger charge is -2.02. The third-order valence-electron chi connectivity index (χ3n) is 13.9. The minimum Gasteiger partial charge on any atom is -0.441 e. The molecule has 0 saturated heterocycles. The average Bonchev–Trinajstić information content (AvgIpc) is 1.63. The number of aromatic amines is 4. The van der Waals surface area contributed by atoms with Gasteiger partial charge in [0.05, 0.1) is 22.6 Å². The summed E-state index contributed by atoms with van der Waals surface area (Å²) in [5.41, 5.74) is 19.7. The second kappa shape index (κ2) is 81.1. The monoisotopic (exact) mass is 1790 g/mol. The Bertz CT molecular complexity index is 4890. The van der Waals surface area contributed by atoms with Crippen molar-refractivity contribution in [1.29, 1.82) is 0 Å². The average molecular weight is 1790 g/mol. The van der Waals surface area contributed by atoms with E-state index in [1.165, 1.54) is 67.4 Å². The molecule has 710 valence electrons. The van der Waals surface area contributed by atoms with E-state index >= 15 is 0 Å². The van der Waals surface area contributed by atoms with E-state index in [1.807, 2.05) is 257 Å². The predicted octanol–water partition coefficient (Wildman–Crippen LogP) is 32.4. The summed E-state index contributed by atoms with van der Waals surface area (Å²) in [5, 5.41) is 0. The van der Waals surface area contributed by atoms with Crippen LogP contribution in [0.5, 0.6) is 0 Å². The number of aromatic nitrogens is 8. The van der Waals surface area contributed by atoms with Crippen molar-refractivity contribution in [3.05, 3.63) is 308 Å². The van der Waals surface area contributed by atoms with Gasteiger partial charge in [0.15, 0.2) is 28.6 Å². The fourth-order valence-corrected chi connectivity index (χ4v) is 9.75. The lowest BCUT2D eigenvalue weighted by atomic mass is 10.0. The molecule has 0 aliphatic heterocycles. The van der Waals surface area contributed by atoms with Crippen LogP contribution in [0.1, 0.15) is 221 Å². The van der Waals surface area contributed by atoms with Crippen LogP contribution in [0.2, 0.25) is 0 Å². The maximum Gasteiger partial charge on any atom is 0.285 e. The fourth-order valence-electron chi connectivity index (χ4n) is 9.75. The number of methoxy groups -OCH3 is 1. The standard InChI is InChI=1S/C26H22N4.C21H16N2.C16H12N2O2.2C6H6.4C3H6O.C3H8.C2H6O2S.C2H6O.4C2H6.9CH4/c1-17-23(19-9-5-3-6-10-19)29-25(27-17)21-13-15-22(16-14-21)26-28-18(2)24(30-26)20-11-7-4-8-12-20;1-4-10-16(11-5-1)19-20(17-12-6-2-7-13-17)23-21(22-19)18-14-8-3-9-15-18;1-9-17-13-7-11(3-5-15(13)19-9)12-4-6-16-14(8-12)18-10(2)20-16;2*1-2-4-6-5-3-1;4*1-3(2)4;1-3-2;1-5(2,3)4;1-3-2;4*1-2;;;;;;;;;/h3-16H,1-2H3,(H,27,29)(H,28,30);1-15H,(H,22,23);3-8H,1-2H3;2*1-6H;4*1-2H3;3H2,1-2H3;1-2H3;1-2H3;4*1-2H3;9*1H4/p+1. The maximum absolute atomic E-state index is 9.63. The number of Topliss-reactive ketones (excluding diaryl/α,β-unsaturated/α-hetero) is 4. The van der Waals surface area contributed by atoms with Gasteiger partial charge in [-0.1, -0.05) is 391 Å². The Morgan fingerprint density at radius 1 is 0.326 bits per heavy atom. The maximum atomic E-state index is 9.63. The summed E-state index contributed by atoms with van der Waals surface area (Å²) in [6.07, 6.45) is 3.57. The van der Waals surface area contributed by atoms with Crippen LogP contribution in [-0.2, 0) is 33.8 Å². The molecule has 4 N–H and O–H groups in total. The van der Waals surface area contributed by atoms with Gasteiger partial charge in [0.2, 0.25) is 0 Å². The Kier molecular flexibility index (Phi) is 86.1. The second-order valence-electron chi connectivity index (χ2n) is 25.9. The summed E-state index contributed by atoms with van der Waals surface area (Å²) in [5.74, 6) is 4.80. The largest absolute Gasteiger partial charge is 0.441 e. The van der Waals surface area contributed by atoms with Crippen LogP contribution >= 0.6 is 0 Å². The summed E-state index contributed by atoms with van der Waals surface area (Å²) in [4.78, 5) is 70.2. The summed E-state index contributed by atoms with van der Waals surface area (Å²) >= 11 is 0. The number of nitrogens with one attached hydrogen (secondary N) is 4. The third-order valence-corrected chi connectivity index (χ3v) is 13.9. The first-order chi connectivity index (χ1) is 57.5. The first-order valence-corrected chi connectivity index (χ1v) is 42.7. The second-order valence-corrected chi connectivity index (χ2v) is 28.2. The molecule has 10 aromatic carbocycles. The Morgan fingerprint density at radius 2 is 0.558 bits per heavy atom. The van der Waals surface area contributed by atoms with Crippen LogP contribution in [0, 0.1) is 27.7 Å². The van der Waals surface area contributed by atoms with Crippen LogP contribution in [0.4, 0.5) is 0 Å². The van der Waals surface area contributed by atoms with Crippen molar-refractivity contribution < 1.29 is 46.2 Å². The molecule has 0 aliphatic rings. The molecule has 0 unspecified atom stereocenters. The number of hydrogen-bond acceptors (Lipinski definition) is 13. The van der Waals surface area contributed by atoms with Crippen LogP contribution in [-0.4, -0.2) is 93.2 Å². The van der Waals surface area contributed by atoms with Crippen LogP contribution in [0.15, 0.2) is 294 Å². The number of carbonyl (C=O) groups is 4. The number of ether oxygens (including phenoxy) is 1. The molecule has 0 bridgehead atoms. The van der Waals surface area contributed by atoms with Crippen molar-refractivity contribution in [1.82, 2.24) is 34.9 Å². The highest BCUT2D eigenvalue weighted by Gasteiger charge is 2.19. The Balaban J connectivity index is -0.000000162. The number of ketones is 4. The summed E-state index contributed by atoms with van der Waals surface area (Å²) in [7, 11) is 0.583. The zero-order valence-corrected chi connectivity index (χ0v) is 76.5. The molecule has 0 aliphatic carbocycles. The molecule has 17 nitrogen and oxygen atoms in total. The molecule has 129 heavy (non-hydrogen) atoms. The van der Waals surface area contributed by atoms with Gasteiger partial charge in [-0.05, 0) is 110 Å². The Hall–Kier alpha value is -12.6. The SMILES string of the molecule is C.C.C.C.C.C.C.C.C.CC.CC.CC.CC.CC(C)=O.CC(C)=O.CC(C)=O.CC(C)=O.CCC.COC.CS(C)(=O)=O.Cc1[nH]c(-c2ccc(-c3[nH]c(C)c(-c4ccccc4)[nH+]3)cc2)nc1-c1ccccc1.Cc1nc2cc(-c3ccc4oc(C)nc4c3)ccc2o1.c1ccc(-c2nc(-c3ccccc3)c(-c3ccccc3)[nH]2)cc1.c1ccccc1.c1ccccc1. The smallest absolute Gasteiger partial charge is 0.285 e. The molecular weight excluding hydrogens is 1620 g/mol. The summed E-state index contributed by atoms with van der Waals surface area (Å²) in [6.45, 7) is 40.3. The highest BCUT2D eigenvalue weighted by Crippen LogP contribution is 2.34. The fraction of sp³-hybridized carbons (Fsp3) is 0.324. The van der Waals surface area contributed by atoms with Crippen molar-refractivity contribution in [2.24, 2.45) is 0 Å². The van der Waals surface area contributed by atoms with E-state index < -0.39 is 9.84 Å². The summed E-state index contributed by atoms with van der Waals surface area (Å²) in [6, 6.07) is 96.0. The molecule has 15 aromatic rings. The van der Waals surface area contributed by atoms with Gasteiger partial charge in [0.25, 0.3) is 5.82 Å². The molecule has 18 heteroatoms. The normalized spacial score (nSPS) is 8.70. The number of imidazole rings is 3. The van der Waals surface area contributed by atoms with Crippen molar-refractivity contribution in [2.75, 3.05) is 26.7 Å². The van der Waals surface area contributed by atoms with Crippen LogP contribution < -0.4 is 4.98 Å². The number of oxazole rings is 2. The number of benzene rings is 10. The van der Waals surface area contributed by atoms with Gasteiger partial charge in [0, 0.05) is 86.6 Å². The molecule has 0 amide bonds. The van der Waals surface area contributed by atoms with E-state index in [0.29, 0.717) is 11.8 Å². The number of fused-ring (bicyclic) bond motifs is 2. The zero-order chi connectivity index (χ0) is 90.4. The number of rotatable bonds is 8. The molecule has 0 spiro atoms. The van der Waals surface area contributed by atoms with E-state index in [2.05, 4.69) is 159 Å². The molecule has 0 atom stereocenters. The van der Waals surface area contributed by atoms with Gasteiger partial charge in [-0.2, -0.15) is 0 Å². The van der Waals surface area contributed by atoms with E-state index in [0.717, 1.165) is 131 Å². The number of carbonyl (C=O) groups excluding carboxylic acids is 4. The zero-order valence-electron chi connectivity index (χ0n) is 75.7. The minimum absolute atomic E-state index is 0. The number of H-pyrrole nitrogens is 4. The van der Waals surface area contributed by atoms with Gasteiger partial charge in [-0.25, -0.2) is 38.3 Å². The van der Waals surface area contributed by atoms with E-state index in [9.17, 15) is 27.6 Å². The van der Waals surface area contributed by atoms with Gasteiger partial charge >= 0.3 is 0 Å². The highest BCUT2D eigenvalue weighted by atomic mass is 32.2. The molecule has 0 fully saturated rings. The van der Waals surface area contributed by atoms with Crippen LogP contribution in [0.25, 0.3) is 113 Å².